The van der Waals surface area contributed by atoms with Crippen LogP contribution in [0, 0.1) is 0 Å². The number of nitrogens with zero attached hydrogens (tertiary/aromatic N) is 3. The number of hydrazone groups is 1. The number of hydrogen-bond donors (Lipinski definition) is 1. The van der Waals surface area contributed by atoms with Gasteiger partial charge in [-0.3, -0.25) is 5.43 Å². The van der Waals surface area contributed by atoms with Crippen molar-refractivity contribution in [3.05, 3.63) is 102 Å². The molecule has 4 heteroatoms. The largest absolute Gasteiger partial charge is 0.261 e. The SMILES string of the molecule is CCc1ccc(/C(C)=N/Nc2cc(-c3ccccc3)nc(-c3ccccc3)n2)cc1. The van der Waals surface area contributed by atoms with E-state index in [9.17, 15) is 0 Å². The third-order valence-corrected chi connectivity index (χ3v) is 4.95. The lowest BCUT2D eigenvalue weighted by atomic mass is 10.1. The van der Waals surface area contributed by atoms with Crippen LogP contribution in [0.2, 0.25) is 0 Å². The van der Waals surface area contributed by atoms with Crippen molar-refractivity contribution in [3.8, 4) is 22.6 Å². The average molecular weight is 393 g/mol. The predicted octanol–water partition coefficient (Wildman–Crippen LogP) is 6.21. The summed E-state index contributed by atoms with van der Waals surface area (Å²) in [7, 11) is 0. The van der Waals surface area contributed by atoms with Gasteiger partial charge in [0.2, 0.25) is 0 Å². The van der Waals surface area contributed by atoms with Crippen LogP contribution in [0.3, 0.4) is 0 Å². The molecule has 0 unspecified atom stereocenters. The van der Waals surface area contributed by atoms with Gasteiger partial charge in [-0.1, -0.05) is 91.9 Å². The maximum atomic E-state index is 4.78. The van der Waals surface area contributed by atoms with Crippen LogP contribution in [0.1, 0.15) is 25.0 Å². The van der Waals surface area contributed by atoms with Gasteiger partial charge in [-0.2, -0.15) is 5.10 Å². The average Bonchev–Trinajstić information content (AvgIpc) is 2.83. The van der Waals surface area contributed by atoms with Crippen molar-refractivity contribution in [2.75, 3.05) is 5.43 Å². The van der Waals surface area contributed by atoms with E-state index in [-0.39, 0.29) is 0 Å². The molecule has 4 nitrogen and oxygen atoms in total. The molecule has 0 bridgehead atoms. The molecule has 0 amide bonds. The molecule has 1 aromatic heterocycles. The number of anilines is 1. The minimum atomic E-state index is 0.659. The van der Waals surface area contributed by atoms with Crippen molar-refractivity contribution in [2.24, 2.45) is 5.10 Å². The Bertz CT molecular complexity index is 1080. The molecule has 0 fully saturated rings. The van der Waals surface area contributed by atoms with Gasteiger partial charge < -0.3 is 0 Å². The van der Waals surface area contributed by atoms with Gasteiger partial charge in [0.1, 0.15) is 0 Å². The summed E-state index contributed by atoms with van der Waals surface area (Å²) < 4.78 is 0. The molecule has 0 spiro atoms. The fourth-order valence-electron chi connectivity index (χ4n) is 3.16. The first-order valence-corrected chi connectivity index (χ1v) is 10.1. The Balaban J connectivity index is 1.68. The Hall–Kier alpha value is -3.79. The standard InChI is InChI=1S/C26H24N4/c1-3-20-14-16-21(17-15-20)19(2)29-30-25-18-24(22-10-6-4-7-11-22)27-26(28-25)23-12-8-5-9-13-23/h4-18H,3H2,1-2H3,(H,27,28,30)/b29-19+. The van der Waals surface area contributed by atoms with Crippen LogP contribution in [0.15, 0.2) is 96.1 Å². The van der Waals surface area contributed by atoms with Crippen molar-refractivity contribution in [2.45, 2.75) is 20.3 Å². The van der Waals surface area contributed by atoms with E-state index in [2.05, 4.69) is 41.7 Å². The first-order valence-electron chi connectivity index (χ1n) is 10.1. The van der Waals surface area contributed by atoms with Crippen molar-refractivity contribution >= 4 is 11.5 Å². The molecular formula is C26H24N4. The van der Waals surface area contributed by atoms with E-state index in [0.29, 0.717) is 11.6 Å². The van der Waals surface area contributed by atoms with Crippen molar-refractivity contribution in [1.82, 2.24) is 9.97 Å². The van der Waals surface area contributed by atoms with Crippen LogP contribution in [-0.2, 0) is 6.42 Å². The zero-order valence-electron chi connectivity index (χ0n) is 17.2. The van der Waals surface area contributed by atoms with Crippen LogP contribution in [0.5, 0.6) is 0 Å². The molecule has 0 aliphatic carbocycles. The zero-order chi connectivity index (χ0) is 20.8. The summed E-state index contributed by atoms with van der Waals surface area (Å²) in [5.74, 6) is 1.33. The molecule has 148 valence electrons. The molecule has 1 N–H and O–H groups in total. The van der Waals surface area contributed by atoms with Crippen LogP contribution in [-0.4, -0.2) is 15.7 Å². The van der Waals surface area contributed by atoms with E-state index in [0.717, 1.165) is 34.5 Å². The number of hydrogen-bond acceptors (Lipinski definition) is 4. The van der Waals surface area contributed by atoms with Gasteiger partial charge in [-0.25, -0.2) is 9.97 Å². The van der Waals surface area contributed by atoms with Crippen molar-refractivity contribution in [1.29, 1.82) is 0 Å². The van der Waals surface area contributed by atoms with E-state index in [1.54, 1.807) is 0 Å². The van der Waals surface area contributed by atoms with Gasteiger partial charge in [-0.15, -0.1) is 0 Å². The second-order valence-corrected chi connectivity index (χ2v) is 7.05. The second-order valence-electron chi connectivity index (χ2n) is 7.05. The summed E-state index contributed by atoms with van der Waals surface area (Å²) in [6.45, 7) is 4.15. The maximum Gasteiger partial charge on any atom is 0.162 e. The highest BCUT2D eigenvalue weighted by Gasteiger charge is 2.08. The van der Waals surface area contributed by atoms with Gasteiger partial charge in [0.25, 0.3) is 0 Å². The molecule has 0 saturated carbocycles. The van der Waals surface area contributed by atoms with Gasteiger partial charge in [0, 0.05) is 17.2 Å². The molecule has 0 saturated heterocycles. The topological polar surface area (TPSA) is 50.2 Å². The molecule has 30 heavy (non-hydrogen) atoms. The summed E-state index contributed by atoms with van der Waals surface area (Å²) in [4.78, 5) is 9.47. The predicted molar refractivity (Wildman–Crippen MR) is 125 cm³/mol. The molecule has 0 aliphatic heterocycles. The maximum absolute atomic E-state index is 4.78. The number of aryl methyl sites for hydroxylation is 1. The summed E-state index contributed by atoms with van der Waals surface area (Å²) >= 11 is 0. The minimum absolute atomic E-state index is 0.659. The van der Waals surface area contributed by atoms with Crippen LogP contribution >= 0.6 is 0 Å². The number of nitrogens with one attached hydrogen (secondary N) is 1. The van der Waals surface area contributed by atoms with Crippen LogP contribution in [0.4, 0.5) is 5.82 Å². The van der Waals surface area contributed by atoms with Gasteiger partial charge in [0.05, 0.1) is 11.4 Å². The molecule has 3 aromatic carbocycles. The number of aromatic nitrogens is 2. The quantitative estimate of drug-likeness (QED) is 0.313. The Kier molecular flexibility index (Phi) is 5.95. The number of rotatable bonds is 6. The highest BCUT2D eigenvalue weighted by Crippen LogP contribution is 2.24. The van der Waals surface area contributed by atoms with Gasteiger partial charge >= 0.3 is 0 Å². The second kappa shape index (κ2) is 9.14. The van der Waals surface area contributed by atoms with Crippen LogP contribution < -0.4 is 5.43 Å². The Morgan fingerprint density at radius 1 is 0.800 bits per heavy atom. The lowest BCUT2D eigenvalue weighted by Crippen LogP contribution is -2.03. The van der Waals surface area contributed by atoms with Gasteiger partial charge in [0.15, 0.2) is 11.6 Å². The van der Waals surface area contributed by atoms with E-state index >= 15 is 0 Å². The van der Waals surface area contributed by atoms with E-state index < -0.39 is 0 Å². The Morgan fingerprint density at radius 3 is 2.07 bits per heavy atom. The van der Waals surface area contributed by atoms with Gasteiger partial charge in [-0.05, 0) is 24.5 Å². The molecule has 0 atom stereocenters. The van der Waals surface area contributed by atoms with Crippen molar-refractivity contribution < 1.29 is 0 Å². The minimum Gasteiger partial charge on any atom is -0.261 e. The highest BCUT2D eigenvalue weighted by molar-refractivity contribution is 5.99. The van der Waals surface area contributed by atoms with Crippen LogP contribution in [0.25, 0.3) is 22.6 Å². The monoisotopic (exact) mass is 392 g/mol. The smallest absolute Gasteiger partial charge is 0.162 e. The Morgan fingerprint density at radius 2 is 1.43 bits per heavy atom. The lowest BCUT2D eigenvalue weighted by molar-refractivity contribution is 1.14. The lowest BCUT2D eigenvalue weighted by Gasteiger charge is -2.09. The molecule has 0 radical (unpaired) electrons. The Labute approximate surface area is 177 Å². The molecule has 4 rings (SSSR count). The van der Waals surface area contributed by atoms with E-state index in [1.807, 2.05) is 73.7 Å². The zero-order valence-corrected chi connectivity index (χ0v) is 17.2. The fourth-order valence-corrected chi connectivity index (χ4v) is 3.16. The molecule has 4 aromatic rings. The molecule has 0 aliphatic rings. The first-order chi connectivity index (χ1) is 14.7. The third-order valence-electron chi connectivity index (χ3n) is 4.95. The summed E-state index contributed by atoms with van der Waals surface area (Å²) in [6, 6.07) is 30.5. The van der Waals surface area contributed by atoms with E-state index in [4.69, 9.17) is 9.97 Å². The fraction of sp³-hybridized carbons (Fsp3) is 0.115. The number of benzene rings is 3. The van der Waals surface area contributed by atoms with Crippen molar-refractivity contribution in [3.63, 3.8) is 0 Å². The molecule has 1 heterocycles. The normalized spacial score (nSPS) is 11.3. The molecular weight excluding hydrogens is 368 g/mol. The first kappa shape index (κ1) is 19.5. The third kappa shape index (κ3) is 4.61. The summed E-state index contributed by atoms with van der Waals surface area (Å²) in [5, 5.41) is 4.57. The van der Waals surface area contributed by atoms with E-state index in [1.165, 1.54) is 5.56 Å². The summed E-state index contributed by atoms with van der Waals surface area (Å²) in [5.41, 5.74) is 9.29. The summed E-state index contributed by atoms with van der Waals surface area (Å²) in [6.07, 6.45) is 1.03. The highest BCUT2D eigenvalue weighted by atomic mass is 15.3.